The quantitative estimate of drug-likeness (QED) is 0.213. The average molecular weight is 390 g/mol. The van der Waals surface area contributed by atoms with Crippen LogP contribution < -0.4 is 0 Å². The van der Waals surface area contributed by atoms with E-state index in [1.54, 1.807) is 0 Å². The molecule has 2 heterocycles. The van der Waals surface area contributed by atoms with E-state index in [0.29, 0.717) is 0 Å². The summed E-state index contributed by atoms with van der Waals surface area (Å²) in [5, 5.41) is 76.9. The van der Waals surface area contributed by atoms with E-state index in [4.69, 9.17) is 19.7 Å². The lowest BCUT2D eigenvalue weighted by Crippen LogP contribution is -2.58. The first-order chi connectivity index (χ1) is 11.3. The molecule has 2 rings (SSSR count). The highest BCUT2D eigenvalue weighted by molar-refractivity contribution is 8.77. The minimum atomic E-state index is -1.52. The van der Waals surface area contributed by atoms with Crippen molar-refractivity contribution >= 4 is 21.6 Å². The second kappa shape index (κ2) is 8.79. The van der Waals surface area contributed by atoms with Crippen LogP contribution in [0.15, 0.2) is 0 Å². The molecule has 8 N–H and O–H groups in total. The molecule has 2 saturated heterocycles. The Morgan fingerprint density at radius 1 is 0.542 bits per heavy atom. The van der Waals surface area contributed by atoms with Crippen LogP contribution in [0.25, 0.3) is 0 Å². The van der Waals surface area contributed by atoms with Crippen molar-refractivity contribution in [1.29, 1.82) is 0 Å². The Morgan fingerprint density at radius 2 is 0.875 bits per heavy atom. The molecule has 0 aromatic carbocycles. The van der Waals surface area contributed by atoms with Gasteiger partial charge in [0.15, 0.2) is 0 Å². The van der Waals surface area contributed by atoms with Crippen molar-refractivity contribution in [3.63, 3.8) is 0 Å². The minimum absolute atomic E-state index is 0.563. The zero-order chi connectivity index (χ0) is 18.0. The van der Waals surface area contributed by atoms with Gasteiger partial charge in [0.25, 0.3) is 0 Å². The monoisotopic (exact) mass is 390 g/mol. The number of aliphatic hydroxyl groups is 8. The lowest BCUT2D eigenvalue weighted by Gasteiger charge is -2.42. The maximum atomic E-state index is 9.93. The number of hydrogen-bond donors (Lipinski definition) is 8. The first-order valence-electron chi connectivity index (χ1n) is 7.25. The maximum Gasteiger partial charge on any atom is 0.142 e. The summed E-state index contributed by atoms with van der Waals surface area (Å²) in [4.78, 5) is 0. The van der Waals surface area contributed by atoms with Crippen LogP contribution in [0.5, 0.6) is 0 Å². The van der Waals surface area contributed by atoms with E-state index < -0.39 is 72.9 Å². The lowest BCUT2D eigenvalue weighted by molar-refractivity contribution is -0.206. The molecule has 0 aliphatic carbocycles. The van der Waals surface area contributed by atoms with E-state index >= 15 is 0 Å². The van der Waals surface area contributed by atoms with Gasteiger partial charge in [-0.2, -0.15) is 0 Å². The fraction of sp³-hybridized carbons (Fsp3) is 1.00. The Balaban J connectivity index is 1.96. The molecule has 0 aromatic rings. The Labute approximate surface area is 145 Å². The molecule has 0 bridgehead atoms. The Hall–Kier alpha value is 0.300. The molecule has 2 aliphatic heterocycles. The lowest BCUT2D eigenvalue weighted by atomic mass is 10.0. The first kappa shape index (κ1) is 20.6. The summed E-state index contributed by atoms with van der Waals surface area (Å²) in [6, 6.07) is 0. The fourth-order valence-corrected chi connectivity index (χ4v) is 5.16. The molecule has 0 radical (unpaired) electrons. The molecule has 2 aliphatic rings. The summed E-state index contributed by atoms with van der Waals surface area (Å²) >= 11 is 0. The van der Waals surface area contributed by atoms with Gasteiger partial charge in [-0.1, -0.05) is 21.6 Å². The largest absolute Gasteiger partial charge is 0.394 e. The van der Waals surface area contributed by atoms with Gasteiger partial charge in [0.1, 0.15) is 59.7 Å². The van der Waals surface area contributed by atoms with E-state index in [-0.39, 0.29) is 0 Å². The first-order valence-corrected chi connectivity index (χ1v) is 9.52. The van der Waals surface area contributed by atoms with Gasteiger partial charge in [-0.15, -0.1) is 0 Å². The van der Waals surface area contributed by atoms with Crippen molar-refractivity contribution in [2.45, 2.75) is 59.7 Å². The van der Waals surface area contributed by atoms with Crippen molar-refractivity contribution in [1.82, 2.24) is 0 Å². The topological polar surface area (TPSA) is 180 Å². The Morgan fingerprint density at radius 3 is 1.17 bits per heavy atom. The van der Waals surface area contributed by atoms with Crippen LogP contribution in [0, 0.1) is 0 Å². The second-order valence-corrected chi connectivity index (χ2v) is 8.06. The van der Waals surface area contributed by atoms with Gasteiger partial charge in [-0.3, -0.25) is 0 Å². The van der Waals surface area contributed by atoms with Crippen LogP contribution in [-0.4, -0.2) is 114 Å². The zero-order valence-corrected chi connectivity index (χ0v) is 14.0. The van der Waals surface area contributed by atoms with Crippen LogP contribution in [0.4, 0.5) is 0 Å². The van der Waals surface area contributed by atoms with Gasteiger partial charge in [0.2, 0.25) is 0 Å². The summed E-state index contributed by atoms with van der Waals surface area (Å²) in [7, 11) is 1.72. The standard InChI is InChI=1S/C12H22O10S2/c13-1-3-5(15)7(17)9(19)11(21-3)23-24-12-10(20)8(18)6(16)4(2-14)22-12/h3-20H,1-2H2/t3-,4-,5-,6-,7+,8+,9-,10+,11+,12-/m1/s1. The highest BCUT2D eigenvalue weighted by Crippen LogP contribution is 2.41. The fourth-order valence-electron chi connectivity index (χ4n) is 2.40. The van der Waals surface area contributed by atoms with E-state index in [1.165, 1.54) is 0 Å². The number of ether oxygens (including phenoxy) is 2. The van der Waals surface area contributed by atoms with Gasteiger partial charge >= 0.3 is 0 Å². The normalized spacial score (nSPS) is 50.0. The number of rotatable bonds is 5. The van der Waals surface area contributed by atoms with E-state index in [1.807, 2.05) is 0 Å². The summed E-state index contributed by atoms with van der Waals surface area (Å²) in [6.07, 6.45) is -11.0. The highest BCUT2D eigenvalue weighted by atomic mass is 33.1. The summed E-state index contributed by atoms with van der Waals surface area (Å²) in [5.74, 6) is 0. The van der Waals surface area contributed by atoms with Crippen LogP contribution in [0.1, 0.15) is 0 Å². The number of aliphatic hydroxyl groups excluding tert-OH is 8. The molecule has 10 atom stereocenters. The molecular weight excluding hydrogens is 368 g/mol. The SMILES string of the molecule is OC[C@H]1O[C@@H](SS[C@H]2O[C@H](CO)[C@@H](O)[C@H](O)[C@@H]2O)[C@H](O)[C@@H](O)[C@@H]1O. The van der Waals surface area contributed by atoms with Crippen LogP contribution in [-0.2, 0) is 9.47 Å². The number of hydrogen-bond acceptors (Lipinski definition) is 12. The molecule has 10 nitrogen and oxygen atoms in total. The van der Waals surface area contributed by atoms with Crippen molar-refractivity contribution in [3.05, 3.63) is 0 Å². The molecule has 0 saturated carbocycles. The van der Waals surface area contributed by atoms with Gasteiger partial charge in [0.05, 0.1) is 13.2 Å². The third-order valence-electron chi connectivity index (χ3n) is 3.94. The third-order valence-corrected chi connectivity index (χ3v) is 6.68. The zero-order valence-electron chi connectivity index (χ0n) is 12.4. The van der Waals surface area contributed by atoms with Crippen LogP contribution in [0.2, 0.25) is 0 Å². The van der Waals surface area contributed by atoms with Gasteiger partial charge in [0, 0.05) is 0 Å². The van der Waals surface area contributed by atoms with Crippen LogP contribution >= 0.6 is 21.6 Å². The maximum absolute atomic E-state index is 9.93. The molecule has 24 heavy (non-hydrogen) atoms. The van der Waals surface area contributed by atoms with E-state index in [2.05, 4.69) is 0 Å². The van der Waals surface area contributed by atoms with Crippen molar-refractivity contribution < 1.29 is 50.3 Å². The van der Waals surface area contributed by atoms with Gasteiger partial charge in [-0.25, -0.2) is 0 Å². The predicted octanol–water partition coefficient (Wildman–Crippen LogP) is -4.03. The average Bonchev–Trinajstić information content (AvgIpc) is 2.58. The summed E-state index contributed by atoms with van der Waals surface area (Å²) in [5.41, 5.74) is -2.09. The Bertz CT molecular complexity index is 364. The molecule has 0 unspecified atom stereocenters. The second-order valence-electron chi connectivity index (χ2n) is 5.59. The van der Waals surface area contributed by atoms with Gasteiger partial charge in [-0.05, 0) is 0 Å². The predicted molar refractivity (Wildman–Crippen MR) is 82.7 cm³/mol. The molecular formula is C12H22O10S2. The van der Waals surface area contributed by atoms with Crippen LogP contribution in [0.3, 0.4) is 0 Å². The van der Waals surface area contributed by atoms with E-state index in [0.717, 1.165) is 21.6 Å². The van der Waals surface area contributed by atoms with Crippen molar-refractivity contribution in [2.75, 3.05) is 13.2 Å². The smallest absolute Gasteiger partial charge is 0.142 e. The van der Waals surface area contributed by atoms with Crippen molar-refractivity contribution in [3.8, 4) is 0 Å². The minimum Gasteiger partial charge on any atom is -0.394 e. The van der Waals surface area contributed by atoms with Gasteiger partial charge < -0.3 is 50.3 Å². The third kappa shape index (κ3) is 4.16. The molecule has 0 spiro atoms. The molecule has 0 amide bonds. The molecule has 142 valence electrons. The summed E-state index contributed by atoms with van der Waals surface area (Å²) < 4.78 is 10.6. The molecule has 12 heteroatoms. The molecule has 2 fully saturated rings. The Kier molecular flexibility index (Phi) is 7.55. The highest BCUT2D eigenvalue weighted by Gasteiger charge is 2.47. The molecule has 0 aromatic heterocycles. The van der Waals surface area contributed by atoms with E-state index in [9.17, 15) is 30.6 Å². The van der Waals surface area contributed by atoms with Crippen molar-refractivity contribution in [2.24, 2.45) is 0 Å². The summed E-state index contributed by atoms with van der Waals surface area (Å²) in [6.45, 7) is -1.13.